The van der Waals surface area contributed by atoms with Crippen molar-refractivity contribution in [2.45, 2.75) is 31.6 Å². The maximum atomic E-state index is 12.2. The van der Waals surface area contributed by atoms with Gasteiger partial charge in [0, 0.05) is 6.20 Å². The molecule has 2 N–H and O–H groups in total. The first kappa shape index (κ1) is 13.1. The second-order valence-corrected chi connectivity index (χ2v) is 5.43. The summed E-state index contributed by atoms with van der Waals surface area (Å²) >= 11 is 5.77. The molecule has 5 nitrogen and oxygen atoms in total. The minimum Gasteiger partial charge on any atom is -0.493 e. The standard InChI is InChI=1S/C14H14ClN3O2/c15-9-5-6-10(16-7-9)12-17-13(19)11(14(20)18-12)8-3-1-2-4-8/h5-8H,1-4H2,(H2,17,18,19,20). The van der Waals surface area contributed by atoms with Crippen LogP contribution in [0.2, 0.25) is 5.02 Å². The summed E-state index contributed by atoms with van der Waals surface area (Å²) in [5.74, 6) is 0.178. The Morgan fingerprint density at radius 1 is 1.30 bits per heavy atom. The maximum Gasteiger partial charge on any atom is 0.258 e. The average molecular weight is 292 g/mol. The van der Waals surface area contributed by atoms with Gasteiger partial charge in [0.2, 0.25) is 5.88 Å². The number of pyridine rings is 1. The quantitative estimate of drug-likeness (QED) is 0.892. The summed E-state index contributed by atoms with van der Waals surface area (Å²) in [6.07, 6.45) is 5.50. The molecule has 3 rings (SSSR count). The Bertz CT molecular complexity index is 676. The molecule has 1 aliphatic carbocycles. The van der Waals surface area contributed by atoms with E-state index in [1.165, 1.54) is 6.20 Å². The van der Waals surface area contributed by atoms with Gasteiger partial charge in [-0.1, -0.05) is 24.4 Å². The van der Waals surface area contributed by atoms with Crippen LogP contribution in [0.15, 0.2) is 23.1 Å². The molecule has 1 aliphatic rings. The summed E-state index contributed by atoms with van der Waals surface area (Å²) in [7, 11) is 0. The number of aromatic nitrogens is 3. The molecule has 2 heterocycles. The molecular formula is C14H14ClN3O2. The topological polar surface area (TPSA) is 78.9 Å². The van der Waals surface area contributed by atoms with Gasteiger partial charge in [-0.2, -0.15) is 4.98 Å². The van der Waals surface area contributed by atoms with E-state index in [1.807, 2.05) is 0 Å². The van der Waals surface area contributed by atoms with E-state index < -0.39 is 0 Å². The molecule has 0 unspecified atom stereocenters. The SMILES string of the molecule is O=c1[nH]c(-c2ccc(Cl)cn2)nc(O)c1C1CCCC1. The van der Waals surface area contributed by atoms with E-state index in [2.05, 4.69) is 15.0 Å². The molecule has 1 fully saturated rings. The van der Waals surface area contributed by atoms with Gasteiger partial charge in [0.05, 0.1) is 10.6 Å². The first-order valence-electron chi connectivity index (χ1n) is 6.60. The van der Waals surface area contributed by atoms with E-state index in [1.54, 1.807) is 12.1 Å². The molecule has 2 aromatic rings. The van der Waals surface area contributed by atoms with Crippen molar-refractivity contribution in [1.29, 1.82) is 0 Å². The van der Waals surface area contributed by atoms with Gasteiger partial charge in [-0.25, -0.2) is 0 Å². The molecule has 0 spiro atoms. The highest BCUT2D eigenvalue weighted by atomic mass is 35.5. The fraction of sp³-hybridized carbons (Fsp3) is 0.357. The van der Waals surface area contributed by atoms with E-state index in [9.17, 15) is 9.90 Å². The highest BCUT2D eigenvalue weighted by Crippen LogP contribution is 2.35. The van der Waals surface area contributed by atoms with Crippen LogP contribution in [0.1, 0.15) is 37.2 Å². The zero-order chi connectivity index (χ0) is 14.1. The minimum absolute atomic E-state index is 0.110. The third-order valence-electron chi connectivity index (χ3n) is 3.67. The van der Waals surface area contributed by atoms with Crippen LogP contribution in [0.4, 0.5) is 0 Å². The van der Waals surface area contributed by atoms with Gasteiger partial charge in [0.15, 0.2) is 5.82 Å². The Labute approximate surface area is 120 Å². The van der Waals surface area contributed by atoms with Crippen molar-refractivity contribution in [2.24, 2.45) is 0 Å². The number of halogens is 1. The van der Waals surface area contributed by atoms with Crippen LogP contribution in [0.5, 0.6) is 5.88 Å². The molecule has 0 aliphatic heterocycles. The van der Waals surface area contributed by atoms with E-state index in [0.29, 0.717) is 16.3 Å². The summed E-state index contributed by atoms with van der Waals surface area (Å²) in [5, 5.41) is 10.6. The molecule has 0 aromatic carbocycles. The molecule has 0 atom stereocenters. The van der Waals surface area contributed by atoms with Crippen LogP contribution in [0.3, 0.4) is 0 Å². The first-order valence-corrected chi connectivity index (χ1v) is 6.98. The van der Waals surface area contributed by atoms with Gasteiger partial charge in [-0.3, -0.25) is 9.78 Å². The number of H-pyrrole nitrogens is 1. The van der Waals surface area contributed by atoms with E-state index >= 15 is 0 Å². The molecule has 0 bridgehead atoms. The van der Waals surface area contributed by atoms with Crippen molar-refractivity contribution < 1.29 is 5.11 Å². The third kappa shape index (κ3) is 2.41. The molecule has 104 valence electrons. The fourth-order valence-electron chi connectivity index (χ4n) is 2.69. The number of aromatic hydroxyl groups is 1. The number of rotatable bonds is 2. The number of hydrogen-bond acceptors (Lipinski definition) is 4. The van der Waals surface area contributed by atoms with Gasteiger partial charge in [0.1, 0.15) is 5.69 Å². The largest absolute Gasteiger partial charge is 0.493 e. The van der Waals surface area contributed by atoms with E-state index in [0.717, 1.165) is 25.7 Å². The Morgan fingerprint density at radius 2 is 2.05 bits per heavy atom. The maximum absolute atomic E-state index is 12.2. The molecule has 20 heavy (non-hydrogen) atoms. The lowest BCUT2D eigenvalue weighted by Gasteiger charge is -2.10. The van der Waals surface area contributed by atoms with Gasteiger partial charge < -0.3 is 10.1 Å². The highest BCUT2D eigenvalue weighted by Gasteiger charge is 2.24. The van der Waals surface area contributed by atoms with E-state index in [4.69, 9.17) is 11.6 Å². The van der Waals surface area contributed by atoms with Crippen LogP contribution in [-0.4, -0.2) is 20.1 Å². The van der Waals surface area contributed by atoms with Gasteiger partial charge in [-0.05, 0) is 30.9 Å². The molecule has 0 saturated heterocycles. The van der Waals surface area contributed by atoms with Crippen LogP contribution in [0.25, 0.3) is 11.5 Å². The minimum atomic E-state index is -0.281. The van der Waals surface area contributed by atoms with Crippen LogP contribution >= 0.6 is 11.6 Å². The summed E-state index contributed by atoms with van der Waals surface area (Å²) in [6.45, 7) is 0. The predicted octanol–water partition coefficient (Wildman–Crippen LogP) is 2.85. The third-order valence-corrected chi connectivity index (χ3v) is 3.89. The summed E-state index contributed by atoms with van der Waals surface area (Å²) in [6, 6.07) is 3.31. The van der Waals surface area contributed by atoms with Crippen LogP contribution in [0, 0.1) is 0 Å². The van der Waals surface area contributed by atoms with Crippen molar-refractivity contribution >= 4 is 11.6 Å². The summed E-state index contributed by atoms with van der Waals surface area (Å²) in [5.41, 5.74) is 0.594. The average Bonchev–Trinajstić information content (AvgIpc) is 2.92. The fourth-order valence-corrected chi connectivity index (χ4v) is 2.80. The summed E-state index contributed by atoms with van der Waals surface area (Å²) < 4.78 is 0. The Hall–Kier alpha value is -1.88. The molecule has 2 aromatic heterocycles. The zero-order valence-corrected chi connectivity index (χ0v) is 11.5. The lowest BCUT2D eigenvalue weighted by Crippen LogP contribution is -2.17. The van der Waals surface area contributed by atoms with Crippen molar-refractivity contribution in [3.8, 4) is 17.4 Å². The van der Waals surface area contributed by atoms with E-state index in [-0.39, 0.29) is 23.2 Å². The second-order valence-electron chi connectivity index (χ2n) is 4.99. The molecule has 1 saturated carbocycles. The number of nitrogens with zero attached hydrogens (tertiary/aromatic N) is 2. The van der Waals surface area contributed by atoms with Crippen molar-refractivity contribution in [3.63, 3.8) is 0 Å². The van der Waals surface area contributed by atoms with Gasteiger partial charge in [0.25, 0.3) is 5.56 Å². The van der Waals surface area contributed by atoms with Gasteiger partial charge in [-0.15, -0.1) is 0 Å². The lowest BCUT2D eigenvalue weighted by molar-refractivity contribution is 0.436. The number of nitrogens with one attached hydrogen (secondary N) is 1. The second kappa shape index (κ2) is 5.25. The smallest absolute Gasteiger partial charge is 0.258 e. The Kier molecular flexibility index (Phi) is 3.44. The molecular weight excluding hydrogens is 278 g/mol. The number of aromatic amines is 1. The normalized spacial score (nSPS) is 15.7. The molecule has 6 heteroatoms. The molecule has 0 amide bonds. The number of hydrogen-bond donors (Lipinski definition) is 2. The van der Waals surface area contributed by atoms with Crippen molar-refractivity contribution in [3.05, 3.63) is 39.3 Å². The summed E-state index contributed by atoms with van der Waals surface area (Å²) in [4.78, 5) is 23.0. The first-order chi connectivity index (χ1) is 9.65. The highest BCUT2D eigenvalue weighted by molar-refractivity contribution is 6.30. The monoisotopic (exact) mass is 291 g/mol. The zero-order valence-electron chi connectivity index (χ0n) is 10.8. The van der Waals surface area contributed by atoms with Crippen molar-refractivity contribution in [1.82, 2.24) is 15.0 Å². The Balaban J connectivity index is 2.03. The lowest BCUT2D eigenvalue weighted by atomic mass is 10.00. The Morgan fingerprint density at radius 3 is 2.65 bits per heavy atom. The molecule has 0 radical (unpaired) electrons. The van der Waals surface area contributed by atoms with Crippen LogP contribution < -0.4 is 5.56 Å². The predicted molar refractivity (Wildman–Crippen MR) is 76.0 cm³/mol. The van der Waals surface area contributed by atoms with Crippen molar-refractivity contribution in [2.75, 3.05) is 0 Å². The van der Waals surface area contributed by atoms with Gasteiger partial charge >= 0.3 is 0 Å². The van der Waals surface area contributed by atoms with Crippen LogP contribution in [-0.2, 0) is 0 Å².